The van der Waals surface area contributed by atoms with Crippen molar-refractivity contribution in [2.45, 2.75) is 37.0 Å². The maximum atomic E-state index is 13.5. The number of piperidine rings is 1. The van der Waals surface area contributed by atoms with Crippen LogP contribution in [0, 0.1) is 0 Å². The molecule has 0 spiro atoms. The summed E-state index contributed by atoms with van der Waals surface area (Å²) < 4.78 is 13.5. The van der Waals surface area contributed by atoms with E-state index in [9.17, 15) is 4.39 Å². The molecule has 13 heavy (non-hydrogen) atoms. The Morgan fingerprint density at radius 1 is 1.46 bits per heavy atom. The van der Waals surface area contributed by atoms with Crippen molar-refractivity contribution in [3.63, 3.8) is 0 Å². The fourth-order valence-electron chi connectivity index (χ4n) is 1.95. The van der Waals surface area contributed by atoms with Gasteiger partial charge in [0, 0.05) is 18.5 Å². The maximum absolute atomic E-state index is 13.5. The third kappa shape index (κ3) is 1.92. The molecule has 1 heterocycles. The van der Waals surface area contributed by atoms with Gasteiger partial charge in [0.1, 0.15) is 5.67 Å². The molecule has 2 atom stereocenters. The first-order valence-corrected chi connectivity index (χ1v) is 5.04. The largest absolute Gasteiger partial charge is 0.317 e. The summed E-state index contributed by atoms with van der Waals surface area (Å²) in [6, 6.07) is 0.539. The molecule has 2 N–H and O–H groups in total. The van der Waals surface area contributed by atoms with Gasteiger partial charge in [-0.2, -0.15) is 0 Å². The molecule has 3 heteroatoms. The fourth-order valence-corrected chi connectivity index (χ4v) is 1.95. The summed E-state index contributed by atoms with van der Waals surface area (Å²) in [6.45, 7) is 5.62. The second-order valence-corrected chi connectivity index (χ2v) is 4.08. The number of nitrogens with one attached hydrogen (secondary N) is 2. The zero-order valence-electron chi connectivity index (χ0n) is 7.85. The van der Waals surface area contributed by atoms with Crippen LogP contribution < -0.4 is 10.6 Å². The predicted molar refractivity (Wildman–Crippen MR) is 51.5 cm³/mol. The highest BCUT2D eigenvalue weighted by atomic mass is 19.1. The molecule has 1 saturated carbocycles. The van der Waals surface area contributed by atoms with E-state index in [-0.39, 0.29) is 6.04 Å². The lowest BCUT2D eigenvalue weighted by molar-refractivity contribution is 0.320. The van der Waals surface area contributed by atoms with Crippen LogP contribution in [0.25, 0.3) is 0 Å². The summed E-state index contributed by atoms with van der Waals surface area (Å²) in [5.41, 5.74) is -1.11. The van der Waals surface area contributed by atoms with Gasteiger partial charge in [0.25, 0.3) is 0 Å². The number of alkyl halides is 1. The van der Waals surface area contributed by atoms with Gasteiger partial charge in [0.2, 0.25) is 0 Å². The van der Waals surface area contributed by atoms with Crippen molar-refractivity contribution in [3.05, 3.63) is 12.7 Å². The summed E-state index contributed by atoms with van der Waals surface area (Å²) in [5, 5.41) is 6.64. The third-order valence-corrected chi connectivity index (χ3v) is 3.05. The Morgan fingerprint density at radius 3 is 2.69 bits per heavy atom. The summed E-state index contributed by atoms with van der Waals surface area (Å²) >= 11 is 0. The molecule has 0 bridgehead atoms. The first kappa shape index (κ1) is 9.16. The quantitative estimate of drug-likeness (QED) is 0.639. The molecule has 0 aromatic rings. The van der Waals surface area contributed by atoms with Crippen LogP contribution in [0.5, 0.6) is 0 Å². The lowest BCUT2D eigenvalue weighted by Crippen LogP contribution is -2.42. The predicted octanol–water partition coefficient (Wildman–Crippen LogP) is 0.995. The lowest BCUT2D eigenvalue weighted by atomic mass is 10.1. The molecule has 1 aliphatic heterocycles. The van der Waals surface area contributed by atoms with Crippen molar-refractivity contribution in [3.8, 4) is 0 Å². The SMILES string of the molecule is C=C[C@]1(F)C[C@H]1NC1CCNCC1. The van der Waals surface area contributed by atoms with Crippen LogP contribution in [0.1, 0.15) is 19.3 Å². The Morgan fingerprint density at radius 2 is 2.15 bits per heavy atom. The zero-order valence-corrected chi connectivity index (χ0v) is 7.85. The smallest absolute Gasteiger partial charge is 0.145 e. The van der Waals surface area contributed by atoms with Gasteiger partial charge in [-0.05, 0) is 25.9 Å². The average molecular weight is 184 g/mol. The fraction of sp³-hybridized carbons (Fsp3) is 0.800. The van der Waals surface area contributed by atoms with Gasteiger partial charge in [-0.25, -0.2) is 4.39 Å². The van der Waals surface area contributed by atoms with Crippen LogP contribution in [0.3, 0.4) is 0 Å². The van der Waals surface area contributed by atoms with E-state index in [1.807, 2.05) is 0 Å². The molecular formula is C10H17FN2. The van der Waals surface area contributed by atoms with Gasteiger partial charge in [0.15, 0.2) is 0 Å². The molecule has 0 radical (unpaired) electrons. The topological polar surface area (TPSA) is 24.1 Å². The van der Waals surface area contributed by atoms with Crippen LogP contribution in [0.2, 0.25) is 0 Å². The normalized spacial score (nSPS) is 40.2. The summed E-state index contributed by atoms with van der Waals surface area (Å²) in [5.74, 6) is 0. The molecule has 1 aliphatic carbocycles. The van der Waals surface area contributed by atoms with Crippen molar-refractivity contribution in [1.82, 2.24) is 10.6 Å². The molecule has 2 fully saturated rings. The number of hydrogen-bond donors (Lipinski definition) is 2. The van der Waals surface area contributed by atoms with Gasteiger partial charge < -0.3 is 10.6 Å². The summed E-state index contributed by atoms with van der Waals surface area (Å²) in [4.78, 5) is 0. The lowest BCUT2D eigenvalue weighted by Gasteiger charge is -2.24. The van der Waals surface area contributed by atoms with Gasteiger partial charge in [-0.1, -0.05) is 12.7 Å². The Hall–Kier alpha value is -0.410. The first-order valence-electron chi connectivity index (χ1n) is 5.04. The highest BCUT2D eigenvalue weighted by molar-refractivity contribution is 5.20. The number of rotatable bonds is 3. The number of halogens is 1. The van der Waals surface area contributed by atoms with Crippen LogP contribution in [0.4, 0.5) is 4.39 Å². The van der Waals surface area contributed by atoms with Crippen LogP contribution in [-0.2, 0) is 0 Å². The van der Waals surface area contributed by atoms with E-state index in [2.05, 4.69) is 17.2 Å². The molecule has 2 rings (SSSR count). The van der Waals surface area contributed by atoms with Gasteiger partial charge in [-0.15, -0.1) is 0 Å². The molecule has 0 unspecified atom stereocenters. The van der Waals surface area contributed by atoms with E-state index >= 15 is 0 Å². The first-order chi connectivity index (χ1) is 6.24. The van der Waals surface area contributed by atoms with E-state index in [4.69, 9.17) is 0 Å². The highest BCUT2D eigenvalue weighted by Gasteiger charge is 2.53. The summed E-state index contributed by atoms with van der Waals surface area (Å²) in [7, 11) is 0. The van der Waals surface area contributed by atoms with E-state index in [1.165, 1.54) is 6.08 Å². The highest BCUT2D eigenvalue weighted by Crippen LogP contribution is 2.41. The van der Waals surface area contributed by atoms with Crippen molar-refractivity contribution < 1.29 is 4.39 Å². The van der Waals surface area contributed by atoms with E-state index in [1.54, 1.807) is 0 Å². The second-order valence-electron chi connectivity index (χ2n) is 4.08. The van der Waals surface area contributed by atoms with Crippen LogP contribution in [0.15, 0.2) is 12.7 Å². The number of hydrogen-bond acceptors (Lipinski definition) is 2. The van der Waals surface area contributed by atoms with Crippen molar-refractivity contribution in [2.24, 2.45) is 0 Å². The monoisotopic (exact) mass is 184 g/mol. The molecule has 0 aromatic heterocycles. The van der Waals surface area contributed by atoms with Gasteiger partial charge in [-0.3, -0.25) is 0 Å². The standard InChI is InChI=1S/C10H17FN2/c1-2-10(11)7-9(10)13-8-3-5-12-6-4-8/h2,8-9,12-13H,1,3-7H2/t9-,10+/m1/s1. The third-order valence-electron chi connectivity index (χ3n) is 3.05. The molecule has 1 saturated heterocycles. The van der Waals surface area contributed by atoms with E-state index in [0.717, 1.165) is 25.9 Å². The second kappa shape index (κ2) is 3.39. The minimum Gasteiger partial charge on any atom is -0.317 e. The van der Waals surface area contributed by atoms with E-state index in [0.29, 0.717) is 12.5 Å². The van der Waals surface area contributed by atoms with Crippen LogP contribution >= 0.6 is 0 Å². The van der Waals surface area contributed by atoms with Crippen molar-refractivity contribution in [2.75, 3.05) is 13.1 Å². The minimum absolute atomic E-state index is 0.0353. The minimum atomic E-state index is -1.11. The Balaban J connectivity index is 1.76. The van der Waals surface area contributed by atoms with Crippen molar-refractivity contribution in [1.29, 1.82) is 0 Å². The molecule has 2 aliphatic rings. The van der Waals surface area contributed by atoms with Crippen LogP contribution in [-0.4, -0.2) is 30.8 Å². The molecule has 74 valence electrons. The van der Waals surface area contributed by atoms with Crippen molar-refractivity contribution >= 4 is 0 Å². The van der Waals surface area contributed by atoms with E-state index < -0.39 is 5.67 Å². The molecular weight excluding hydrogens is 167 g/mol. The molecule has 0 aromatic carbocycles. The summed E-state index contributed by atoms with van der Waals surface area (Å²) in [6.07, 6.45) is 4.28. The zero-order chi connectivity index (χ0) is 9.31. The Bertz CT molecular complexity index is 201. The average Bonchev–Trinajstić information content (AvgIpc) is 2.80. The Kier molecular flexibility index (Phi) is 2.39. The molecule has 0 amide bonds. The van der Waals surface area contributed by atoms with Gasteiger partial charge in [0.05, 0.1) is 0 Å². The maximum Gasteiger partial charge on any atom is 0.145 e. The van der Waals surface area contributed by atoms with Gasteiger partial charge >= 0.3 is 0 Å². The Labute approximate surface area is 78.6 Å². The molecule has 2 nitrogen and oxygen atoms in total.